The Balaban J connectivity index is 1.60. The molecular weight excluding hydrogens is 536 g/mol. The van der Waals surface area contributed by atoms with Gasteiger partial charge in [0, 0.05) is 42.4 Å². The van der Waals surface area contributed by atoms with Crippen LogP contribution < -0.4 is 9.47 Å². The van der Waals surface area contributed by atoms with E-state index in [2.05, 4.69) is 16.6 Å². The lowest BCUT2D eigenvalue weighted by atomic mass is 9.83. The molecule has 1 aliphatic heterocycles. The Morgan fingerprint density at radius 1 is 1.05 bits per heavy atom. The van der Waals surface area contributed by atoms with E-state index in [0.29, 0.717) is 18.5 Å². The molecule has 5 nitrogen and oxygen atoms in total. The molecule has 1 saturated carbocycles. The molecule has 224 valence electrons. The van der Waals surface area contributed by atoms with Crippen molar-refractivity contribution in [1.29, 1.82) is 0 Å². The molecule has 1 saturated heterocycles. The Labute approximate surface area is 240 Å². The van der Waals surface area contributed by atoms with E-state index >= 15 is 0 Å². The van der Waals surface area contributed by atoms with Crippen molar-refractivity contribution in [2.45, 2.75) is 77.5 Å². The van der Waals surface area contributed by atoms with E-state index in [-0.39, 0.29) is 41.1 Å². The summed E-state index contributed by atoms with van der Waals surface area (Å²) in [5.41, 5.74) is 1.23. The summed E-state index contributed by atoms with van der Waals surface area (Å²) in [6, 6.07) is 8.14. The number of nitrogens with zero attached hydrogens (tertiary/aromatic N) is 2. The third-order valence-electron chi connectivity index (χ3n) is 8.43. The van der Waals surface area contributed by atoms with E-state index in [9.17, 15) is 22.4 Å². The number of ether oxygens (including phenoxy) is 2. The highest BCUT2D eigenvalue weighted by Crippen LogP contribution is 2.34. The number of amides is 1. The molecule has 1 amide bonds. The molecule has 41 heavy (non-hydrogen) atoms. The van der Waals surface area contributed by atoms with Crippen molar-refractivity contribution in [3.63, 3.8) is 0 Å². The van der Waals surface area contributed by atoms with Crippen LogP contribution in [0, 0.1) is 17.6 Å². The summed E-state index contributed by atoms with van der Waals surface area (Å²) in [6.07, 6.45) is 9.89. The van der Waals surface area contributed by atoms with Crippen LogP contribution in [0.15, 0.2) is 42.0 Å². The van der Waals surface area contributed by atoms with E-state index in [1.54, 1.807) is 17.9 Å². The largest absolute Gasteiger partial charge is 0.493 e. The molecule has 0 N–H and O–H groups in total. The summed E-state index contributed by atoms with van der Waals surface area (Å²) < 4.78 is 63.3. The third-order valence-corrected chi connectivity index (χ3v) is 8.43. The fourth-order valence-electron chi connectivity index (χ4n) is 6.36. The van der Waals surface area contributed by atoms with E-state index in [0.717, 1.165) is 31.0 Å². The number of benzene rings is 2. The number of methoxy groups -OCH3 is 1. The second-order valence-electron chi connectivity index (χ2n) is 11.3. The highest BCUT2D eigenvalue weighted by atomic mass is 19.3. The van der Waals surface area contributed by atoms with Gasteiger partial charge in [-0.05, 0) is 82.3 Å². The maximum Gasteiger partial charge on any atom is 0.387 e. The lowest BCUT2D eigenvalue weighted by Gasteiger charge is -2.39. The third kappa shape index (κ3) is 8.03. The molecule has 1 unspecified atom stereocenters. The van der Waals surface area contributed by atoms with E-state index in [1.165, 1.54) is 69.5 Å². The molecule has 0 bridgehead atoms. The van der Waals surface area contributed by atoms with Gasteiger partial charge in [0.1, 0.15) is 11.6 Å². The Bertz CT molecular complexity index is 1220. The van der Waals surface area contributed by atoms with E-state index in [4.69, 9.17) is 4.74 Å². The molecular formula is C32H40F4N2O3. The quantitative estimate of drug-likeness (QED) is 0.259. The van der Waals surface area contributed by atoms with Gasteiger partial charge in [-0.1, -0.05) is 30.9 Å². The Morgan fingerprint density at radius 3 is 2.49 bits per heavy atom. The van der Waals surface area contributed by atoms with E-state index < -0.39 is 18.2 Å². The monoisotopic (exact) mass is 576 g/mol. The first-order valence-electron chi connectivity index (χ1n) is 14.5. The van der Waals surface area contributed by atoms with Crippen molar-refractivity contribution in [3.05, 3.63) is 64.7 Å². The predicted octanol–water partition coefficient (Wildman–Crippen LogP) is 7.55. The van der Waals surface area contributed by atoms with Crippen LogP contribution >= 0.6 is 0 Å². The van der Waals surface area contributed by atoms with Gasteiger partial charge in [0.25, 0.3) is 5.91 Å². The molecule has 1 heterocycles. The summed E-state index contributed by atoms with van der Waals surface area (Å²) in [5.74, 6) is -1.11. The van der Waals surface area contributed by atoms with Gasteiger partial charge in [0.2, 0.25) is 0 Å². The lowest BCUT2D eigenvalue weighted by molar-refractivity contribution is -0.0512. The second kappa shape index (κ2) is 14.2. The maximum atomic E-state index is 14.4. The first-order valence-corrected chi connectivity index (χ1v) is 14.5. The van der Waals surface area contributed by atoms with Crippen LogP contribution in [0.3, 0.4) is 0 Å². The number of carbonyl (C=O) groups is 1. The van der Waals surface area contributed by atoms with Crippen LogP contribution in [0.4, 0.5) is 17.6 Å². The molecule has 0 spiro atoms. The summed E-state index contributed by atoms with van der Waals surface area (Å²) in [7, 11) is 1.33. The van der Waals surface area contributed by atoms with Crippen molar-refractivity contribution in [2.24, 2.45) is 5.92 Å². The summed E-state index contributed by atoms with van der Waals surface area (Å²) in [4.78, 5) is 18.2. The zero-order chi connectivity index (χ0) is 29.5. The zero-order valence-corrected chi connectivity index (χ0v) is 24.1. The molecule has 0 radical (unpaired) electrons. The van der Waals surface area contributed by atoms with Gasteiger partial charge in [0.05, 0.1) is 7.11 Å². The van der Waals surface area contributed by atoms with Crippen molar-refractivity contribution < 1.29 is 31.8 Å². The second-order valence-corrected chi connectivity index (χ2v) is 11.3. The summed E-state index contributed by atoms with van der Waals surface area (Å²) >= 11 is 0. The summed E-state index contributed by atoms with van der Waals surface area (Å²) in [6.45, 7) is 2.74. The molecule has 2 aliphatic rings. The fraction of sp³-hybridized carbons (Fsp3) is 0.531. The average Bonchev–Trinajstić information content (AvgIpc) is 3.42. The van der Waals surface area contributed by atoms with Crippen molar-refractivity contribution in [1.82, 2.24) is 9.80 Å². The Kier molecular flexibility index (Phi) is 10.7. The molecule has 1 aliphatic carbocycles. The highest BCUT2D eigenvalue weighted by Gasteiger charge is 2.35. The van der Waals surface area contributed by atoms with Crippen molar-refractivity contribution >= 4 is 12.0 Å². The summed E-state index contributed by atoms with van der Waals surface area (Å²) in [5, 5.41) is 0. The van der Waals surface area contributed by atoms with Gasteiger partial charge >= 0.3 is 6.61 Å². The Morgan fingerprint density at radius 2 is 1.80 bits per heavy atom. The van der Waals surface area contributed by atoms with Crippen LogP contribution in [-0.2, 0) is 0 Å². The van der Waals surface area contributed by atoms with Gasteiger partial charge in [-0.2, -0.15) is 8.78 Å². The minimum absolute atomic E-state index is 0.0326. The average molecular weight is 577 g/mol. The van der Waals surface area contributed by atoms with Crippen LogP contribution in [0.1, 0.15) is 74.7 Å². The predicted molar refractivity (Wildman–Crippen MR) is 151 cm³/mol. The number of likely N-dealkylation sites (tertiary alicyclic amines) is 1. The minimum atomic E-state index is -3.03. The number of hydrogen-bond donors (Lipinski definition) is 0. The van der Waals surface area contributed by atoms with Crippen molar-refractivity contribution in [3.8, 4) is 11.5 Å². The van der Waals surface area contributed by atoms with Crippen LogP contribution in [0.25, 0.3) is 6.08 Å². The SMILES string of the molecule is COc1cc(C(=O)N(CC(C)=Cc2ccc(F)cc2F)CC2CCCN2[C@@H](C)C2CCCCC2)ccc1OC(F)F. The van der Waals surface area contributed by atoms with Gasteiger partial charge < -0.3 is 14.4 Å². The van der Waals surface area contributed by atoms with Gasteiger partial charge in [-0.3, -0.25) is 9.69 Å². The minimum Gasteiger partial charge on any atom is -0.493 e. The fourth-order valence-corrected chi connectivity index (χ4v) is 6.36. The molecule has 2 atom stereocenters. The van der Waals surface area contributed by atoms with Gasteiger partial charge in [-0.15, -0.1) is 0 Å². The van der Waals surface area contributed by atoms with Gasteiger partial charge in [-0.25, -0.2) is 8.78 Å². The number of halogens is 4. The molecule has 9 heteroatoms. The highest BCUT2D eigenvalue weighted by molar-refractivity contribution is 5.95. The zero-order valence-electron chi connectivity index (χ0n) is 24.1. The van der Waals surface area contributed by atoms with Crippen LogP contribution in [0.2, 0.25) is 0 Å². The standard InChI is InChI=1S/C32H40F4N2O3/c1-21(16-24-11-13-26(33)18-28(24)34)19-37(31(39)25-12-14-29(41-32(35)36)30(17-25)40-3)20-27-10-7-15-38(27)22(2)23-8-5-4-6-9-23/h11-14,16-18,22-23,27,32H,4-10,15,19-20H2,1-3H3/t22-,27?/m0/s1. The first kappa shape index (κ1) is 30.9. The normalized spacial score (nSPS) is 19.4. The van der Waals surface area contributed by atoms with E-state index in [1.807, 2.05) is 0 Å². The number of alkyl halides is 2. The molecule has 2 fully saturated rings. The number of rotatable bonds is 11. The molecule has 2 aromatic rings. The van der Waals surface area contributed by atoms with Crippen LogP contribution in [0.5, 0.6) is 11.5 Å². The first-order chi connectivity index (χ1) is 19.7. The number of carbonyl (C=O) groups excluding carboxylic acids is 1. The molecule has 0 aromatic heterocycles. The lowest BCUT2D eigenvalue weighted by Crippen LogP contribution is -2.48. The maximum absolute atomic E-state index is 14.4. The van der Waals surface area contributed by atoms with Crippen LogP contribution in [-0.4, -0.2) is 61.1 Å². The smallest absolute Gasteiger partial charge is 0.387 e. The molecule has 4 rings (SSSR count). The van der Waals surface area contributed by atoms with Gasteiger partial charge in [0.15, 0.2) is 11.5 Å². The number of hydrogen-bond acceptors (Lipinski definition) is 4. The topological polar surface area (TPSA) is 42.0 Å². The Hall–Kier alpha value is -3.07. The molecule has 2 aromatic carbocycles. The van der Waals surface area contributed by atoms with Crippen molar-refractivity contribution in [2.75, 3.05) is 26.7 Å².